The van der Waals surface area contributed by atoms with Crippen molar-refractivity contribution in [3.63, 3.8) is 0 Å². The molecule has 0 aliphatic carbocycles. The molecule has 1 N–H and O–H groups in total. The fourth-order valence-corrected chi connectivity index (χ4v) is 1.46. The fraction of sp³-hybridized carbons (Fsp3) is 0.889. The standard InChI is InChI=1S/C9H20N2O2S/c1-4-11(2)9(12)8-10-6-5-7-14(3)13/h10H,4-8H2,1-3H3. The van der Waals surface area contributed by atoms with E-state index in [1.165, 1.54) is 0 Å². The van der Waals surface area contributed by atoms with Gasteiger partial charge in [-0.25, -0.2) is 0 Å². The molecule has 14 heavy (non-hydrogen) atoms. The van der Waals surface area contributed by atoms with Gasteiger partial charge in [0.25, 0.3) is 0 Å². The van der Waals surface area contributed by atoms with E-state index in [4.69, 9.17) is 0 Å². The maximum Gasteiger partial charge on any atom is 0.236 e. The molecule has 5 heteroatoms. The summed E-state index contributed by atoms with van der Waals surface area (Å²) in [6, 6.07) is 0. The van der Waals surface area contributed by atoms with Crippen LogP contribution in [0.3, 0.4) is 0 Å². The summed E-state index contributed by atoms with van der Waals surface area (Å²) in [5, 5.41) is 3.03. The number of rotatable bonds is 7. The lowest BCUT2D eigenvalue weighted by atomic mass is 10.4. The van der Waals surface area contributed by atoms with Crippen LogP contribution in [0.25, 0.3) is 0 Å². The molecule has 0 heterocycles. The third kappa shape index (κ3) is 7.03. The van der Waals surface area contributed by atoms with Gasteiger partial charge in [-0.3, -0.25) is 9.00 Å². The summed E-state index contributed by atoms with van der Waals surface area (Å²) >= 11 is 0. The van der Waals surface area contributed by atoms with Crippen LogP contribution in [0.4, 0.5) is 0 Å². The molecular formula is C9H20N2O2S. The Morgan fingerprint density at radius 3 is 2.64 bits per heavy atom. The molecule has 0 fully saturated rings. The quantitative estimate of drug-likeness (QED) is 0.606. The fourth-order valence-electron chi connectivity index (χ4n) is 0.907. The minimum absolute atomic E-state index is 0.102. The maximum absolute atomic E-state index is 11.3. The van der Waals surface area contributed by atoms with E-state index in [1.807, 2.05) is 6.92 Å². The van der Waals surface area contributed by atoms with Gasteiger partial charge < -0.3 is 10.2 Å². The van der Waals surface area contributed by atoms with Gasteiger partial charge in [0, 0.05) is 36.4 Å². The SMILES string of the molecule is CCN(C)C(=O)CNCCCS(C)=O. The predicted molar refractivity (Wildman–Crippen MR) is 59.7 cm³/mol. The van der Waals surface area contributed by atoms with Crippen molar-refractivity contribution >= 4 is 16.7 Å². The Morgan fingerprint density at radius 2 is 2.14 bits per heavy atom. The number of likely N-dealkylation sites (N-methyl/N-ethyl adjacent to an activating group) is 1. The van der Waals surface area contributed by atoms with Gasteiger partial charge in [-0.15, -0.1) is 0 Å². The lowest BCUT2D eigenvalue weighted by Gasteiger charge is -2.14. The van der Waals surface area contributed by atoms with Gasteiger partial charge >= 0.3 is 0 Å². The summed E-state index contributed by atoms with van der Waals surface area (Å²) in [5.41, 5.74) is 0. The number of carbonyl (C=O) groups excluding carboxylic acids is 1. The van der Waals surface area contributed by atoms with Crippen molar-refractivity contribution in [1.82, 2.24) is 10.2 Å². The Morgan fingerprint density at radius 1 is 1.50 bits per heavy atom. The number of hydrogen-bond acceptors (Lipinski definition) is 3. The Labute approximate surface area is 88.5 Å². The zero-order valence-electron chi connectivity index (χ0n) is 9.21. The number of amides is 1. The highest BCUT2D eigenvalue weighted by Gasteiger charge is 2.04. The normalized spacial score (nSPS) is 12.5. The zero-order valence-corrected chi connectivity index (χ0v) is 10.0. The molecule has 0 bridgehead atoms. The molecule has 0 spiro atoms. The van der Waals surface area contributed by atoms with Gasteiger partial charge in [0.05, 0.1) is 6.54 Å². The molecule has 0 saturated carbocycles. The lowest BCUT2D eigenvalue weighted by Crippen LogP contribution is -2.35. The molecular weight excluding hydrogens is 200 g/mol. The Hall–Kier alpha value is -0.420. The summed E-state index contributed by atoms with van der Waals surface area (Å²) < 4.78 is 10.7. The first-order valence-corrected chi connectivity index (χ1v) is 6.55. The molecule has 0 radical (unpaired) electrons. The smallest absolute Gasteiger partial charge is 0.236 e. The summed E-state index contributed by atoms with van der Waals surface area (Å²) in [4.78, 5) is 12.9. The van der Waals surface area contributed by atoms with Crippen molar-refractivity contribution in [2.24, 2.45) is 0 Å². The second-order valence-corrected chi connectivity index (χ2v) is 4.77. The first kappa shape index (κ1) is 13.6. The van der Waals surface area contributed by atoms with Crippen molar-refractivity contribution in [3.8, 4) is 0 Å². The molecule has 1 amide bonds. The largest absolute Gasteiger partial charge is 0.345 e. The number of hydrogen-bond donors (Lipinski definition) is 1. The molecule has 0 rings (SSSR count). The summed E-state index contributed by atoms with van der Waals surface area (Å²) in [6.45, 7) is 3.81. The Bertz CT molecular complexity index is 197. The molecule has 1 unspecified atom stereocenters. The average molecular weight is 220 g/mol. The topological polar surface area (TPSA) is 49.4 Å². The van der Waals surface area contributed by atoms with Crippen molar-refractivity contribution in [2.75, 3.05) is 38.7 Å². The maximum atomic E-state index is 11.3. The summed E-state index contributed by atoms with van der Waals surface area (Å²) in [5.74, 6) is 0.801. The van der Waals surface area contributed by atoms with Crippen molar-refractivity contribution in [3.05, 3.63) is 0 Å². The predicted octanol–water partition coefficient (Wildman–Crippen LogP) is -0.177. The Balaban J connectivity index is 3.36. The van der Waals surface area contributed by atoms with Crippen LogP contribution in [-0.2, 0) is 15.6 Å². The van der Waals surface area contributed by atoms with E-state index in [-0.39, 0.29) is 5.91 Å². The van der Waals surface area contributed by atoms with E-state index in [2.05, 4.69) is 5.32 Å². The van der Waals surface area contributed by atoms with Gasteiger partial charge in [0.1, 0.15) is 0 Å². The van der Waals surface area contributed by atoms with Crippen LogP contribution >= 0.6 is 0 Å². The summed E-state index contributed by atoms with van der Waals surface area (Å²) in [6.07, 6.45) is 2.54. The van der Waals surface area contributed by atoms with Crippen LogP contribution in [0, 0.1) is 0 Å². The van der Waals surface area contributed by atoms with E-state index in [9.17, 15) is 9.00 Å². The van der Waals surface area contributed by atoms with E-state index < -0.39 is 10.8 Å². The third-order valence-electron chi connectivity index (χ3n) is 1.96. The number of nitrogens with one attached hydrogen (secondary N) is 1. The highest BCUT2D eigenvalue weighted by atomic mass is 32.2. The first-order valence-electron chi connectivity index (χ1n) is 4.82. The van der Waals surface area contributed by atoms with Crippen LogP contribution in [0.1, 0.15) is 13.3 Å². The van der Waals surface area contributed by atoms with Crippen molar-refractivity contribution in [2.45, 2.75) is 13.3 Å². The highest BCUT2D eigenvalue weighted by Crippen LogP contribution is 1.84. The van der Waals surface area contributed by atoms with Crippen molar-refractivity contribution < 1.29 is 9.00 Å². The monoisotopic (exact) mass is 220 g/mol. The van der Waals surface area contributed by atoms with Gasteiger partial charge in [-0.1, -0.05) is 0 Å². The molecule has 0 aromatic carbocycles. The molecule has 0 aliphatic heterocycles. The third-order valence-corrected chi connectivity index (χ3v) is 2.83. The molecule has 0 aliphatic rings. The van der Waals surface area contributed by atoms with Crippen LogP contribution in [-0.4, -0.2) is 53.7 Å². The van der Waals surface area contributed by atoms with E-state index >= 15 is 0 Å². The highest BCUT2D eigenvalue weighted by molar-refractivity contribution is 7.84. The van der Waals surface area contributed by atoms with E-state index in [0.29, 0.717) is 12.3 Å². The minimum atomic E-state index is -0.725. The van der Waals surface area contributed by atoms with Crippen LogP contribution in [0.5, 0.6) is 0 Å². The molecule has 0 aromatic rings. The van der Waals surface area contributed by atoms with Gasteiger partial charge in [-0.2, -0.15) is 0 Å². The molecule has 84 valence electrons. The van der Waals surface area contributed by atoms with Crippen molar-refractivity contribution in [1.29, 1.82) is 0 Å². The molecule has 0 saturated heterocycles. The van der Waals surface area contributed by atoms with E-state index in [1.54, 1.807) is 18.2 Å². The second kappa shape index (κ2) is 7.94. The average Bonchev–Trinajstić information content (AvgIpc) is 2.15. The first-order chi connectivity index (χ1) is 6.57. The lowest BCUT2D eigenvalue weighted by molar-refractivity contribution is -0.128. The minimum Gasteiger partial charge on any atom is -0.345 e. The van der Waals surface area contributed by atoms with Crippen LogP contribution in [0.15, 0.2) is 0 Å². The molecule has 0 aromatic heterocycles. The van der Waals surface area contributed by atoms with Crippen LogP contribution < -0.4 is 5.32 Å². The van der Waals surface area contributed by atoms with Gasteiger partial charge in [-0.05, 0) is 19.9 Å². The number of nitrogens with zero attached hydrogens (tertiary/aromatic N) is 1. The zero-order chi connectivity index (χ0) is 11.0. The van der Waals surface area contributed by atoms with Gasteiger partial charge in [0.15, 0.2) is 0 Å². The molecule has 1 atom stereocenters. The number of carbonyl (C=O) groups is 1. The van der Waals surface area contributed by atoms with Gasteiger partial charge in [0.2, 0.25) is 5.91 Å². The van der Waals surface area contributed by atoms with E-state index in [0.717, 1.165) is 19.5 Å². The van der Waals surface area contributed by atoms with Crippen LogP contribution in [0.2, 0.25) is 0 Å². The second-order valence-electron chi connectivity index (χ2n) is 3.22. The summed E-state index contributed by atoms with van der Waals surface area (Å²) in [7, 11) is 1.06. The molecule has 4 nitrogen and oxygen atoms in total. The Kier molecular flexibility index (Phi) is 7.70.